The molecule has 1 aliphatic rings. The fourth-order valence-corrected chi connectivity index (χ4v) is 4.49. The van der Waals surface area contributed by atoms with Crippen LogP contribution < -0.4 is 4.90 Å². The molecule has 4 rings (SSSR count). The molecule has 1 fully saturated rings. The summed E-state index contributed by atoms with van der Waals surface area (Å²) in [6, 6.07) is 20.2. The molecule has 0 radical (unpaired) electrons. The Balaban J connectivity index is 1.55. The van der Waals surface area contributed by atoms with Gasteiger partial charge in [0.15, 0.2) is 5.13 Å². The summed E-state index contributed by atoms with van der Waals surface area (Å²) in [7, 11) is 0. The summed E-state index contributed by atoms with van der Waals surface area (Å²) in [6.45, 7) is 1.81. The Morgan fingerprint density at radius 3 is 2.23 bits per heavy atom. The predicted octanol–water partition coefficient (Wildman–Crippen LogP) is 4.89. The van der Waals surface area contributed by atoms with E-state index in [4.69, 9.17) is 0 Å². The lowest BCUT2D eigenvalue weighted by Crippen LogP contribution is -2.32. The van der Waals surface area contributed by atoms with E-state index in [9.17, 15) is 9.90 Å². The van der Waals surface area contributed by atoms with E-state index >= 15 is 0 Å². The van der Waals surface area contributed by atoms with E-state index in [1.807, 2.05) is 36.4 Å². The zero-order valence-corrected chi connectivity index (χ0v) is 15.2. The first-order valence-corrected chi connectivity index (χ1v) is 9.63. The number of hydrogen-bond acceptors (Lipinski definition) is 4. The first kappa shape index (κ1) is 16.8. The summed E-state index contributed by atoms with van der Waals surface area (Å²) in [5.74, 6) is -0.341. The van der Waals surface area contributed by atoms with Gasteiger partial charge in [0.1, 0.15) is 4.88 Å². The van der Waals surface area contributed by atoms with E-state index in [2.05, 4.69) is 34.1 Å². The van der Waals surface area contributed by atoms with Gasteiger partial charge in [-0.15, -0.1) is 0 Å². The van der Waals surface area contributed by atoms with Gasteiger partial charge in [0.05, 0.1) is 5.69 Å². The summed E-state index contributed by atoms with van der Waals surface area (Å²) >= 11 is 1.28. The molecular weight excluding hydrogens is 344 g/mol. The standard InChI is InChI=1S/C21H20N2O2S/c24-20(25)19-18(17-9-5-2-6-10-17)22-21(26-19)23-13-11-16(12-14-23)15-7-3-1-4-8-15/h1-10,16H,11-14H2,(H,24,25). The van der Waals surface area contributed by atoms with Crippen molar-refractivity contribution in [1.82, 2.24) is 4.98 Å². The molecule has 4 nitrogen and oxygen atoms in total. The van der Waals surface area contributed by atoms with Crippen LogP contribution in [0.1, 0.15) is 34.0 Å². The fourth-order valence-electron chi connectivity index (χ4n) is 3.51. The van der Waals surface area contributed by atoms with Crippen molar-refractivity contribution in [3.63, 3.8) is 0 Å². The second kappa shape index (κ2) is 7.30. The van der Waals surface area contributed by atoms with Crippen molar-refractivity contribution in [3.05, 3.63) is 71.1 Å². The van der Waals surface area contributed by atoms with Gasteiger partial charge < -0.3 is 10.0 Å². The van der Waals surface area contributed by atoms with Crippen molar-refractivity contribution in [2.45, 2.75) is 18.8 Å². The minimum Gasteiger partial charge on any atom is -0.477 e. The first-order valence-electron chi connectivity index (χ1n) is 8.82. The molecule has 0 bridgehead atoms. The van der Waals surface area contributed by atoms with Crippen LogP contribution in [0.3, 0.4) is 0 Å². The summed E-state index contributed by atoms with van der Waals surface area (Å²) in [5.41, 5.74) is 2.82. The van der Waals surface area contributed by atoms with E-state index in [1.54, 1.807) is 0 Å². The first-order chi connectivity index (χ1) is 12.7. The van der Waals surface area contributed by atoms with Gasteiger partial charge in [0, 0.05) is 18.7 Å². The number of benzene rings is 2. The molecule has 0 aliphatic carbocycles. The van der Waals surface area contributed by atoms with Gasteiger partial charge in [-0.1, -0.05) is 72.0 Å². The molecule has 0 atom stereocenters. The predicted molar refractivity (Wildman–Crippen MR) is 105 cm³/mol. The molecule has 0 spiro atoms. The summed E-state index contributed by atoms with van der Waals surface area (Å²) in [6.07, 6.45) is 2.12. The molecule has 1 saturated heterocycles. The zero-order valence-electron chi connectivity index (χ0n) is 14.3. The number of carboxylic acids is 1. The van der Waals surface area contributed by atoms with Crippen LogP contribution >= 0.6 is 11.3 Å². The third-order valence-electron chi connectivity index (χ3n) is 4.89. The summed E-state index contributed by atoms with van der Waals surface area (Å²) < 4.78 is 0. The highest BCUT2D eigenvalue weighted by Gasteiger charge is 2.25. The lowest BCUT2D eigenvalue weighted by atomic mass is 9.90. The third kappa shape index (κ3) is 3.35. The number of carbonyl (C=O) groups is 1. The van der Waals surface area contributed by atoms with Crippen molar-refractivity contribution < 1.29 is 9.90 Å². The van der Waals surface area contributed by atoms with Crippen LogP contribution in [0.15, 0.2) is 60.7 Å². The average molecular weight is 364 g/mol. The number of nitrogens with zero attached hydrogens (tertiary/aromatic N) is 2. The van der Waals surface area contributed by atoms with E-state index in [0.717, 1.165) is 36.6 Å². The van der Waals surface area contributed by atoms with E-state index in [-0.39, 0.29) is 0 Å². The number of aromatic carboxylic acids is 1. The van der Waals surface area contributed by atoms with Gasteiger partial charge in [-0.2, -0.15) is 0 Å². The molecule has 132 valence electrons. The Bertz CT molecular complexity index is 885. The molecule has 1 aliphatic heterocycles. The smallest absolute Gasteiger partial charge is 0.348 e. The van der Waals surface area contributed by atoms with Crippen LogP contribution in [-0.2, 0) is 0 Å². The van der Waals surface area contributed by atoms with E-state index < -0.39 is 5.97 Å². The minimum atomic E-state index is -0.910. The van der Waals surface area contributed by atoms with Crippen LogP contribution in [0.4, 0.5) is 5.13 Å². The van der Waals surface area contributed by atoms with Crippen molar-refractivity contribution in [1.29, 1.82) is 0 Å². The highest BCUT2D eigenvalue weighted by Crippen LogP contribution is 2.36. The number of aromatic nitrogens is 1. The molecule has 3 aromatic rings. The number of carboxylic acid groups (broad SMARTS) is 1. The SMILES string of the molecule is O=C(O)c1sc(N2CCC(c3ccccc3)CC2)nc1-c1ccccc1. The Labute approximate surface area is 156 Å². The van der Waals surface area contributed by atoms with E-state index in [1.165, 1.54) is 16.9 Å². The van der Waals surface area contributed by atoms with Crippen molar-refractivity contribution in [3.8, 4) is 11.3 Å². The van der Waals surface area contributed by atoms with Crippen molar-refractivity contribution in [2.75, 3.05) is 18.0 Å². The molecule has 5 heteroatoms. The summed E-state index contributed by atoms with van der Waals surface area (Å²) in [5, 5.41) is 10.4. The lowest BCUT2D eigenvalue weighted by molar-refractivity contribution is 0.0702. The second-order valence-corrected chi connectivity index (χ2v) is 7.49. The number of piperidine rings is 1. The quantitative estimate of drug-likeness (QED) is 0.716. The van der Waals surface area contributed by atoms with Gasteiger partial charge in [-0.3, -0.25) is 0 Å². The number of thiazole rings is 1. The van der Waals surface area contributed by atoms with Crippen LogP contribution in [0.25, 0.3) is 11.3 Å². The van der Waals surface area contributed by atoms with Gasteiger partial charge in [-0.25, -0.2) is 9.78 Å². The van der Waals surface area contributed by atoms with Gasteiger partial charge in [0.25, 0.3) is 0 Å². The van der Waals surface area contributed by atoms with Gasteiger partial charge >= 0.3 is 5.97 Å². The number of anilines is 1. The monoisotopic (exact) mass is 364 g/mol. The average Bonchev–Trinajstić information content (AvgIpc) is 3.15. The maximum atomic E-state index is 11.7. The maximum absolute atomic E-state index is 11.7. The van der Waals surface area contributed by atoms with Crippen LogP contribution in [-0.4, -0.2) is 29.1 Å². The number of hydrogen-bond donors (Lipinski definition) is 1. The molecule has 26 heavy (non-hydrogen) atoms. The molecule has 0 saturated carbocycles. The minimum absolute atomic E-state index is 0.316. The zero-order chi connectivity index (χ0) is 17.9. The fraction of sp³-hybridized carbons (Fsp3) is 0.238. The highest BCUT2D eigenvalue weighted by molar-refractivity contribution is 7.17. The Morgan fingerprint density at radius 2 is 1.62 bits per heavy atom. The molecule has 0 unspecified atom stereocenters. The Morgan fingerprint density at radius 1 is 1.00 bits per heavy atom. The largest absolute Gasteiger partial charge is 0.477 e. The maximum Gasteiger partial charge on any atom is 0.348 e. The Kier molecular flexibility index (Phi) is 4.71. The molecule has 1 aromatic heterocycles. The molecular formula is C21H20N2O2S. The Hall–Kier alpha value is -2.66. The normalized spacial score (nSPS) is 15.2. The molecule has 2 aromatic carbocycles. The van der Waals surface area contributed by atoms with Crippen LogP contribution in [0, 0.1) is 0 Å². The molecule has 1 N–H and O–H groups in total. The van der Waals surface area contributed by atoms with E-state index in [0.29, 0.717) is 16.5 Å². The highest BCUT2D eigenvalue weighted by atomic mass is 32.1. The van der Waals surface area contributed by atoms with Crippen LogP contribution in [0.5, 0.6) is 0 Å². The topological polar surface area (TPSA) is 53.4 Å². The summed E-state index contributed by atoms with van der Waals surface area (Å²) in [4.78, 5) is 18.9. The lowest BCUT2D eigenvalue weighted by Gasteiger charge is -2.32. The second-order valence-electron chi connectivity index (χ2n) is 6.52. The van der Waals surface area contributed by atoms with Crippen molar-refractivity contribution >= 4 is 22.4 Å². The van der Waals surface area contributed by atoms with Crippen LogP contribution in [0.2, 0.25) is 0 Å². The third-order valence-corrected chi connectivity index (χ3v) is 6.00. The molecule has 2 heterocycles. The van der Waals surface area contributed by atoms with Gasteiger partial charge in [0.2, 0.25) is 0 Å². The van der Waals surface area contributed by atoms with Crippen molar-refractivity contribution in [2.24, 2.45) is 0 Å². The molecule has 0 amide bonds. The number of rotatable bonds is 4. The van der Waals surface area contributed by atoms with Gasteiger partial charge in [-0.05, 0) is 24.3 Å².